The van der Waals surface area contributed by atoms with Gasteiger partial charge in [0, 0.05) is 36.2 Å². The lowest BCUT2D eigenvalue weighted by molar-refractivity contribution is -0.137. The highest BCUT2D eigenvalue weighted by Gasteiger charge is 2.45. The molecule has 44 heavy (non-hydrogen) atoms. The Bertz CT molecular complexity index is 1540. The number of halogens is 6. The maximum atomic E-state index is 14.5. The second kappa shape index (κ2) is 13.3. The molecule has 2 unspecified atom stereocenters. The normalized spacial score (nSPS) is 18.8. The molecule has 5 rings (SSSR count). The molecular formula is C31H28Cl3F3N4O3. The van der Waals surface area contributed by atoms with Gasteiger partial charge in [-0.15, -0.1) is 11.6 Å². The van der Waals surface area contributed by atoms with E-state index in [9.17, 15) is 22.8 Å². The molecule has 0 saturated carbocycles. The van der Waals surface area contributed by atoms with Crippen LogP contribution in [0.5, 0.6) is 5.75 Å². The number of nitrogens with zero attached hydrogens (tertiary/aromatic N) is 4. The first kappa shape index (κ1) is 31.9. The summed E-state index contributed by atoms with van der Waals surface area (Å²) in [6.07, 6.45) is -4.60. The molecule has 0 bridgehead atoms. The van der Waals surface area contributed by atoms with Crippen molar-refractivity contribution in [3.05, 3.63) is 99.0 Å². The molecule has 0 N–H and O–H groups in total. The smallest absolute Gasteiger partial charge is 0.416 e. The maximum Gasteiger partial charge on any atom is 0.416 e. The third-order valence-corrected chi connectivity index (χ3v) is 8.30. The minimum atomic E-state index is -4.60. The van der Waals surface area contributed by atoms with E-state index < -0.39 is 29.9 Å². The summed E-state index contributed by atoms with van der Waals surface area (Å²) in [5, 5.41) is 1.01. The summed E-state index contributed by atoms with van der Waals surface area (Å²) in [5.74, 6) is -0.281. The molecule has 232 valence electrons. The lowest BCUT2D eigenvalue weighted by Gasteiger charge is -2.39. The van der Waals surface area contributed by atoms with Gasteiger partial charge >= 0.3 is 12.2 Å². The van der Waals surface area contributed by atoms with Gasteiger partial charge in [0.25, 0.3) is 0 Å². The fourth-order valence-electron chi connectivity index (χ4n) is 5.40. The largest absolute Gasteiger partial charge is 0.493 e. The van der Waals surface area contributed by atoms with Gasteiger partial charge in [-0.2, -0.15) is 13.2 Å². The molecule has 1 saturated heterocycles. The number of benzene rings is 3. The first-order valence-electron chi connectivity index (χ1n) is 13.9. The number of urea groups is 1. The fourth-order valence-corrected chi connectivity index (χ4v) is 5.82. The van der Waals surface area contributed by atoms with E-state index >= 15 is 0 Å². The van der Waals surface area contributed by atoms with Gasteiger partial charge in [-0.3, -0.25) is 14.7 Å². The molecule has 13 heteroatoms. The minimum Gasteiger partial charge on any atom is -0.493 e. The van der Waals surface area contributed by atoms with Crippen molar-refractivity contribution in [1.82, 2.24) is 14.7 Å². The van der Waals surface area contributed by atoms with Crippen molar-refractivity contribution in [2.45, 2.75) is 25.2 Å². The van der Waals surface area contributed by atoms with Crippen LogP contribution in [0.4, 0.5) is 18.0 Å². The number of carbonyl (C=O) groups excluding carboxylic acids is 2. The molecule has 0 aromatic heterocycles. The minimum absolute atomic E-state index is 0.0528. The van der Waals surface area contributed by atoms with Crippen molar-refractivity contribution >= 4 is 52.6 Å². The van der Waals surface area contributed by atoms with E-state index in [1.165, 1.54) is 11.0 Å². The number of amidine groups is 1. The van der Waals surface area contributed by atoms with Crippen LogP contribution in [-0.4, -0.2) is 71.1 Å². The molecule has 7 nitrogen and oxygen atoms in total. The standard InChI is InChI=1S/C31H28Cl3F3N4O3/c1-2-44-25-17-21(31(35,36)37)7-12-24(25)29-38-27(19-3-8-22(33)9-4-19)28(20-5-10-23(34)11-6-20)41(29)30(43)40-15-13-39(14-16-40)26(42)18-32/h3-12,17,27-28H,2,13-16,18H2,1H3. The zero-order valence-electron chi connectivity index (χ0n) is 23.5. The topological polar surface area (TPSA) is 65.5 Å². The highest BCUT2D eigenvalue weighted by molar-refractivity contribution is 6.30. The van der Waals surface area contributed by atoms with Gasteiger partial charge in [0.1, 0.15) is 23.5 Å². The Balaban J connectivity index is 1.65. The van der Waals surface area contributed by atoms with Crippen LogP contribution in [0.25, 0.3) is 0 Å². The highest BCUT2D eigenvalue weighted by Crippen LogP contribution is 2.46. The van der Waals surface area contributed by atoms with Gasteiger partial charge in [-0.25, -0.2) is 4.79 Å². The average molecular weight is 668 g/mol. The number of carbonyl (C=O) groups is 2. The van der Waals surface area contributed by atoms with Crippen LogP contribution in [0.3, 0.4) is 0 Å². The van der Waals surface area contributed by atoms with Crippen molar-refractivity contribution in [3.8, 4) is 5.75 Å². The predicted octanol–water partition coefficient (Wildman–Crippen LogP) is 7.46. The Morgan fingerprint density at radius 1 is 0.886 bits per heavy atom. The van der Waals surface area contributed by atoms with Gasteiger partial charge in [0.2, 0.25) is 5.91 Å². The molecule has 0 radical (unpaired) electrons. The zero-order valence-corrected chi connectivity index (χ0v) is 25.8. The number of aliphatic imine (C=N–C) groups is 1. The number of hydrogen-bond donors (Lipinski definition) is 0. The number of ether oxygens (including phenoxy) is 1. The van der Waals surface area contributed by atoms with Crippen LogP contribution in [0.2, 0.25) is 10.0 Å². The third kappa shape index (κ3) is 6.62. The number of hydrogen-bond acceptors (Lipinski definition) is 4. The molecular weight excluding hydrogens is 640 g/mol. The Labute approximate surface area is 267 Å². The summed E-state index contributed by atoms with van der Waals surface area (Å²) in [6.45, 7) is 2.79. The van der Waals surface area contributed by atoms with Crippen molar-refractivity contribution in [2.24, 2.45) is 4.99 Å². The van der Waals surface area contributed by atoms with E-state index in [4.69, 9.17) is 44.5 Å². The zero-order chi connectivity index (χ0) is 31.6. The Kier molecular flexibility index (Phi) is 9.62. The average Bonchev–Trinajstić information content (AvgIpc) is 3.41. The molecule has 2 aliphatic rings. The second-order valence-electron chi connectivity index (χ2n) is 10.2. The Morgan fingerprint density at radius 2 is 1.45 bits per heavy atom. The van der Waals surface area contributed by atoms with Gasteiger partial charge in [0.15, 0.2) is 0 Å². The summed E-state index contributed by atoms with van der Waals surface area (Å²) in [6, 6.07) is 15.4. The second-order valence-corrected chi connectivity index (χ2v) is 11.4. The van der Waals surface area contributed by atoms with Crippen LogP contribution in [0, 0.1) is 0 Å². The van der Waals surface area contributed by atoms with E-state index in [2.05, 4.69) is 0 Å². The monoisotopic (exact) mass is 666 g/mol. The molecule has 2 atom stereocenters. The molecule has 2 aliphatic heterocycles. The lowest BCUT2D eigenvalue weighted by Crippen LogP contribution is -2.55. The summed E-state index contributed by atoms with van der Waals surface area (Å²) < 4.78 is 46.8. The number of piperazine rings is 1. The summed E-state index contributed by atoms with van der Waals surface area (Å²) in [4.78, 5) is 36.4. The van der Waals surface area contributed by atoms with Crippen LogP contribution >= 0.6 is 34.8 Å². The Morgan fingerprint density at radius 3 is 2.00 bits per heavy atom. The van der Waals surface area contributed by atoms with Gasteiger partial charge in [-0.1, -0.05) is 47.5 Å². The van der Waals surface area contributed by atoms with Gasteiger partial charge < -0.3 is 14.5 Å². The number of amides is 3. The quantitative estimate of drug-likeness (QED) is 0.257. The SMILES string of the molecule is CCOc1cc(C(F)(F)F)ccc1C1=NC(c2ccc(Cl)cc2)C(c2ccc(Cl)cc2)N1C(=O)N1CCN(C(=O)CCl)CC1. The summed E-state index contributed by atoms with van der Waals surface area (Å²) >= 11 is 18.1. The van der Waals surface area contributed by atoms with Crippen LogP contribution in [-0.2, 0) is 11.0 Å². The number of rotatable bonds is 6. The van der Waals surface area contributed by atoms with Crippen LogP contribution in [0.15, 0.2) is 71.7 Å². The first-order chi connectivity index (χ1) is 21.0. The third-order valence-electron chi connectivity index (χ3n) is 7.56. The van der Waals surface area contributed by atoms with Gasteiger partial charge in [0.05, 0.1) is 23.8 Å². The molecule has 3 aromatic carbocycles. The molecule has 2 heterocycles. The van der Waals surface area contributed by atoms with Crippen molar-refractivity contribution in [1.29, 1.82) is 0 Å². The highest BCUT2D eigenvalue weighted by atomic mass is 35.5. The van der Waals surface area contributed by atoms with Crippen LogP contribution in [0.1, 0.15) is 41.3 Å². The van der Waals surface area contributed by atoms with Crippen molar-refractivity contribution in [3.63, 3.8) is 0 Å². The summed E-state index contributed by atoms with van der Waals surface area (Å²) in [5.41, 5.74) is 0.802. The lowest BCUT2D eigenvalue weighted by atomic mass is 9.93. The maximum absolute atomic E-state index is 14.5. The first-order valence-corrected chi connectivity index (χ1v) is 15.2. The molecule has 3 aromatic rings. The molecule has 0 aliphatic carbocycles. The number of alkyl halides is 4. The fraction of sp³-hybridized carbons (Fsp3) is 0.323. The van der Waals surface area contributed by atoms with E-state index in [0.717, 1.165) is 17.7 Å². The molecule has 1 fully saturated rings. The van der Waals surface area contributed by atoms with Crippen molar-refractivity contribution in [2.75, 3.05) is 38.7 Å². The van der Waals surface area contributed by atoms with E-state index in [0.29, 0.717) is 15.6 Å². The van der Waals surface area contributed by atoms with E-state index in [1.807, 2.05) is 0 Å². The van der Waals surface area contributed by atoms with Crippen molar-refractivity contribution < 1.29 is 27.5 Å². The van der Waals surface area contributed by atoms with Crippen LogP contribution < -0.4 is 4.74 Å². The summed E-state index contributed by atoms with van der Waals surface area (Å²) in [7, 11) is 0. The predicted molar refractivity (Wildman–Crippen MR) is 164 cm³/mol. The molecule has 0 spiro atoms. The van der Waals surface area contributed by atoms with E-state index in [-0.39, 0.29) is 61.7 Å². The van der Waals surface area contributed by atoms with Gasteiger partial charge in [-0.05, 0) is 60.5 Å². The Hall–Kier alpha value is -3.47. The van der Waals surface area contributed by atoms with E-state index in [1.54, 1.807) is 65.3 Å². The molecule has 3 amide bonds.